The zero-order chi connectivity index (χ0) is 14.2. The van der Waals surface area contributed by atoms with Crippen molar-refractivity contribution in [2.45, 2.75) is 64.6 Å². The van der Waals surface area contributed by atoms with Crippen LogP contribution in [-0.4, -0.2) is 18.9 Å². The average molecular weight is 280 g/mol. The molecule has 2 aliphatic rings. The number of esters is 1. The second-order valence-corrected chi connectivity index (χ2v) is 5.13. The maximum atomic E-state index is 11.5. The molecule has 0 aromatic carbocycles. The van der Waals surface area contributed by atoms with Crippen molar-refractivity contribution in [3.05, 3.63) is 23.7 Å². The van der Waals surface area contributed by atoms with E-state index in [1.54, 1.807) is 0 Å². The number of allylic oxidation sites excluding steroid dienone is 4. The van der Waals surface area contributed by atoms with Gasteiger partial charge in [0.2, 0.25) is 6.29 Å². The maximum absolute atomic E-state index is 11.5. The minimum atomic E-state index is -0.367. The largest absolute Gasteiger partial charge is 0.466 e. The fourth-order valence-corrected chi connectivity index (χ4v) is 2.45. The summed E-state index contributed by atoms with van der Waals surface area (Å²) < 4.78 is 16.7. The molecule has 0 heterocycles. The Bertz CT molecular complexity index is 358. The Balaban J connectivity index is 1.83. The molecule has 2 aliphatic carbocycles. The van der Waals surface area contributed by atoms with Gasteiger partial charge in [0.15, 0.2) is 0 Å². The molecule has 4 nitrogen and oxygen atoms in total. The first-order valence-corrected chi connectivity index (χ1v) is 7.65. The molecule has 0 N–H and O–H groups in total. The Morgan fingerprint density at radius 2 is 1.75 bits per heavy atom. The monoisotopic (exact) mass is 280 g/mol. The quantitative estimate of drug-likeness (QED) is 0.501. The predicted molar refractivity (Wildman–Crippen MR) is 75.7 cm³/mol. The smallest absolute Gasteiger partial charge is 0.306 e. The molecule has 0 saturated heterocycles. The van der Waals surface area contributed by atoms with E-state index in [9.17, 15) is 4.79 Å². The van der Waals surface area contributed by atoms with Crippen molar-refractivity contribution in [3.63, 3.8) is 0 Å². The molecular weight excluding hydrogens is 256 g/mol. The van der Waals surface area contributed by atoms with Gasteiger partial charge in [-0.15, -0.1) is 0 Å². The van der Waals surface area contributed by atoms with Crippen molar-refractivity contribution in [1.29, 1.82) is 0 Å². The first kappa shape index (κ1) is 14.9. The van der Waals surface area contributed by atoms with Crippen LogP contribution in [0.5, 0.6) is 0 Å². The Hall–Kier alpha value is -1.45. The van der Waals surface area contributed by atoms with E-state index < -0.39 is 0 Å². The van der Waals surface area contributed by atoms with Crippen molar-refractivity contribution in [1.82, 2.24) is 0 Å². The van der Waals surface area contributed by atoms with Crippen molar-refractivity contribution >= 4 is 5.97 Å². The van der Waals surface area contributed by atoms with Gasteiger partial charge < -0.3 is 14.2 Å². The zero-order valence-corrected chi connectivity index (χ0v) is 12.2. The Morgan fingerprint density at radius 3 is 2.20 bits per heavy atom. The van der Waals surface area contributed by atoms with Crippen LogP contribution >= 0.6 is 0 Å². The zero-order valence-electron chi connectivity index (χ0n) is 12.2. The molecule has 0 unspecified atom stereocenters. The predicted octanol–water partition coefficient (Wildman–Crippen LogP) is 3.82. The normalized spacial score (nSPS) is 17.9. The summed E-state index contributed by atoms with van der Waals surface area (Å²) in [5, 5.41) is 0. The van der Waals surface area contributed by atoms with Gasteiger partial charge in [-0.25, -0.2) is 0 Å². The fraction of sp³-hybridized carbons (Fsp3) is 0.688. The molecule has 0 aliphatic heterocycles. The van der Waals surface area contributed by atoms with Gasteiger partial charge in [-0.1, -0.05) is 0 Å². The molecule has 112 valence electrons. The van der Waals surface area contributed by atoms with Crippen LogP contribution in [0.4, 0.5) is 0 Å². The van der Waals surface area contributed by atoms with Gasteiger partial charge in [0.1, 0.15) is 0 Å². The third-order valence-electron chi connectivity index (χ3n) is 3.45. The van der Waals surface area contributed by atoms with Crippen LogP contribution in [0.3, 0.4) is 0 Å². The molecule has 0 aromatic rings. The summed E-state index contributed by atoms with van der Waals surface area (Å²) >= 11 is 0. The molecule has 0 saturated carbocycles. The summed E-state index contributed by atoms with van der Waals surface area (Å²) in [7, 11) is 0. The SMILES string of the molecule is CCOC(=O)CCC(OC1=CCCC1)OC1=CCCC1. The van der Waals surface area contributed by atoms with Gasteiger partial charge in [-0.2, -0.15) is 0 Å². The minimum absolute atomic E-state index is 0.189. The van der Waals surface area contributed by atoms with Crippen LogP contribution in [0.15, 0.2) is 23.7 Å². The van der Waals surface area contributed by atoms with Crippen LogP contribution < -0.4 is 0 Å². The summed E-state index contributed by atoms with van der Waals surface area (Å²) in [6.45, 7) is 2.23. The molecule has 20 heavy (non-hydrogen) atoms. The van der Waals surface area contributed by atoms with Gasteiger partial charge >= 0.3 is 5.97 Å². The molecule has 0 aromatic heterocycles. The molecule has 2 rings (SSSR count). The standard InChI is InChI=1S/C16H24O4/c1-2-18-15(17)11-12-16(19-13-7-3-4-8-13)20-14-9-5-6-10-14/h7,9,16H,2-6,8,10-12H2,1H3. The lowest BCUT2D eigenvalue weighted by Gasteiger charge is -2.21. The summed E-state index contributed by atoms with van der Waals surface area (Å²) in [5.41, 5.74) is 0. The first-order chi connectivity index (χ1) is 9.78. The lowest BCUT2D eigenvalue weighted by atomic mass is 10.3. The molecule has 0 amide bonds. The van der Waals surface area contributed by atoms with E-state index in [0.717, 1.165) is 50.0 Å². The molecule has 0 radical (unpaired) electrons. The molecular formula is C16H24O4. The molecule has 0 spiro atoms. The lowest BCUT2D eigenvalue weighted by Crippen LogP contribution is -2.18. The van der Waals surface area contributed by atoms with E-state index in [1.165, 1.54) is 0 Å². The highest BCUT2D eigenvalue weighted by atomic mass is 16.7. The topological polar surface area (TPSA) is 44.8 Å². The van der Waals surface area contributed by atoms with Crippen molar-refractivity contribution < 1.29 is 19.0 Å². The number of hydrogen-bond acceptors (Lipinski definition) is 4. The summed E-state index contributed by atoms with van der Waals surface area (Å²) in [4.78, 5) is 11.5. The second kappa shape index (κ2) is 7.98. The maximum Gasteiger partial charge on any atom is 0.306 e. The van der Waals surface area contributed by atoms with Gasteiger partial charge in [0.05, 0.1) is 24.5 Å². The molecule has 4 heteroatoms. The van der Waals surface area contributed by atoms with E-state index in [0.29, 0.717) is 19.4 Å². The summed E-state index contributed by atoms with van der Waals surface area (Å²) in [6, 6.07) is 0. The third kappa shape index (κ3) is 4.91. The van der Waals surface area contributed by atoms with Crippen LogP contribution in [-0.2, 0) is 19.0 Å². The highest BCUT2D eigenvalue weighted by Gasteiger charge is 2.20. The molecule has 0 atom stereocenters. The number of carbonyl (C=O) groups is 1. The van der Waals surface area contributed by atoms with Gasteiger partial charge in [-0.05, 0) is 44.8 Å². The van der Waals surface area contributed by atoms with Crippen molar-refractivity contribution in [2.24, 2.45) is 0 Å². The Labute approximate surface area is 120 Å². The Morgan fingerprint density at radius 1 is 1.15 bits per heavy atom. The number of rotatable bonds is 8. The van der Waals surface area contributed by atoms with Crippen LogP contribution in [0, 0.1) is 0 Å². The first-order valence-electron chi connectivity index (χ1n) is 7.65. The number of carbonyl (C=O) groups excluding carboxylic acids is 1. The highest BCUT2D eigenvalue weighted by molar-refractivity contribution is 5.69. The molecule has 0 fully saturated rings. The van der Waals surface area contributed by atoms with Gasteiger partial charge in [0.25, 0.3) is 0 Å². The van der Waals surface area contributed by atoms with Crippen molar-refractivity contribution in [3.8, 4) is 0 Å². The summed E-state index contributed by atoms with van der Waals surface area (Å²) in [5.74, 6) is 1.81. The van der Waals surface area contributed by atoms with E-state index >= 15 is 0 Å². The van der Waals surface area contributed by atoms with Crippen LogP contribution in [0.1, 0.15) is 58.3 Å². The average Bonchev–Trinajstić information content (AvgIpc) is 3.10. The Kier molecular flexibility index (Phi) is 5.96. The summed E-state index contributed by atoms with van der Waals surface area (Å²) in [6.07, 6.45) is 11.1. The number of ether oxygens (including phenoxy) is 3. The van der Waals surface area contributed by atoms with E-state index in [4.69, 9.17) is 14.2 Å². The van der Waals surface area contributed by atoms with Gasteiger partial charge in [0, 0.05) is 19.3 Å². The van der Waals surface area contributed by atoms with E-state index in [2.05, 4.69) is 12.2 Å². The van der Waals surface area contributed by atoms with Gasteiger partial charge in [-0.3, -0.25) is 4.79 Å². The minimum Gasteiger partial charge on any atom is -0.466 e. The lowest BCUT2D eigenvalue weighted by molar-refractivity contribution is -0.147. The second-order valence-electron chi connectivity index (χ2n) is 5.13. The van der Waals surface area contributed by atoms with E-state index in [1.807, 2.05) is 6.92 Å². The fourth-order valence-electron chi connectivity index (χ4n) is 2.45. The van der Waals surface area contributed by atoms with E-state index in [-0.39, 0.29) is 12.3 Å². The number of hydrogen-bond donors (Lipinski definition) is 0. The third-order valence-corrected chi connectivity index (χ3v) is 3.45. The molecule has 0 bridgehead atoms. The van der Waals surface area contributed by atoms with Crippen molar-refractivity contribution in [2.75, 3.05) is 6.61 Å². The van der Waals surface area contributed by atoms with Crippen LogP contribution in [0.2, 0.25) is 0 Å². The van der Waals surface area contributed by atoms with Crippen LogP contribution in [0.25, 0.3) is 0 Å². The highest BCUT2D eigenvalue weighted by Crippen LogP contribution is 2.26.